The SMILES string of the molecule is CCOC(=O)NS(=O)(=O)Cc1ccccc1C. The number of aryl methyl sites for hydroxylation is 1. The first kappa shape index (κ1) is 13.5. The fourth-order valence-electron chi connectivity index (χ4n) is 1.30. The van der Waals surface area contributed by atoms with Gasteiger partial charge in [-0.05, 0) is 25.0 Å². The van der Waals surface area contributed by atoms with E-state index in [1.807, 2.05) is 23.8 Å². The Hall–Kier alpha value is -1.56. The molecule has 6 heteroatoms. The summed E-state index contributed by atoms with van der Waals surface area (Å²) >= 11 is 0. The van der Waals surface area contributed by atoms with Crippen molar-refractivity contribution in [3.63, 3.8) is 0 Å². The molecule has 0 aliphatic carbocycles. The summed E-state index contributed by atoms with van der Waals surface area (Å²) in [6.07, 6.45) is -0.943. The topological polar surface area (TPSA) is 72.5 Å². The maximum Gasteiger partial charge on any atom is 0.420 e. The van der Waals surface area contributed by atoms with Crippen LogP contribution in [0.2, 0.25) is 0 Å². The van der Waals surface area contributed by atoms with Crippen molar-refractivity contribution < 1.29 is 17.9 Å². The molecule has 0 aliphatic rings. The monoisotopic (exact) mass is 257 g/mol. The van der Waals surface area contributed by atoms with Gasteiger partial charge in [0, 0.05) is 0 Å². The van der Waals surface area contributed by atoms with Crippen molar-refractivity contribution in [1.82, 2.24) is 4.72 Å². The number of carbonyl (C=O) groups is 1. The molecule has 0 fully saturated rings. The smallest absolute Gasteiger partial charge is 0.420 e. The Bertz CT molecular complexity index is 496. The minimum absolute atomic E-state index is 0.131. The zero-order valence-electron chi connectivity index (χ0n) is 9.76. The van der Waals surface area contributed by atoms with Gasteiger partial charge in [-0.15, -0.1) is 0 Å². The maximum absolute atomic E-state index is 11.6. The van der Waals surface area contributed by atoms with Crippen LogP contribution in [0, 0.1) is 6.92 Å². The van der Waals surface area contributed by atoms with E-state index in [1.54, 1.807) is 19.1 Å². The molecule has 0 aliphatic heterocycles. The Labute approximate surface area is 101 Å². The van der Waals surface area contributed by atoms with Crippen LogP contribution < -0.4 is 4.72 Å². The number of ether oxygens (including phenoxy) is 1. The second kappa shape index (κ2) is 5.67. The van der Waals surface area contributed by atoms with Crippen molar-refractivity contribution in [2.45, 2.75) is 19.6 Å². The molecular formula is C11H15NO4S. The Balaban J connectivity index is 2.74. The first-order chi connectivity index (χ1) is 7.94. The summed E-state index contributed by atoms with van der Waals surface area (Å²) in [7, 11) is -3.70. The highest BCUT2D eigenvalue weighted by Gasteiger charge is 2.16. The number of sulfonamides is 1. The summed E-state index contributed by atoms with van der Waals surface area (Å²) < 4.78 is 29.6. The van der Waals surface area contributed by atoms with Gasteiger partial charge in [-0.3, -0.25) is 0 Å². The van der Waals surface area contributed by atoms with Gasteiger partial charge in [-0.1, -0.05) is 24.3 Å². The molecule has 0 atom stereocenters. The fourth-order valence-corrected chi connectivity index (χ4v) is 2.42. The fraction of sp³-hybridized carbons (Fsp3) is 0.364. The predicted octanol–water partition coefficient (Wildman–Crippen LogP) is 1.57. The van der Waals surface area contributed by atoms with Crippen molar-refractivity contribution in [2.24, 2.45) is 0 Å². The minimum Gasteiger partial charge on any atom is -0.449 e. The number of rotatable bonds is 4. The number of hydrogen-bond donors (Lipinski definition) is 1. The Morgan fingerprint density at radius 2 is 2.00 bits per heavy atom. The van der Waals surface area contributed by atoms with Gasteiger partial charge in [0.1, 0.15) is 0 Å². The van der Waals surface area contributed by atoms with E-state index in [-0.39, 0.29) is 12.4 Å². The summed E-state index contributed by atoms with van der Waals surface area (Å²) in [5.74, 6) is -0.238. The van der Waals surface area contributed by atoms with Crippen molar-refractivity contribution in [1.29, 1.82) is 0 Å². The molecule has 1 amide bonds. The van der Waals surface area contributed by atoms with Crippen molar-refractivity contribution >= 4 is 16.1 Å². The van der Waals surface area contributed by atoms with Gasteiger partial charge in [0.2, 0.25) is 10.0 Å². The van der Waals surface area contributed by atoms with Crippen LogP contribution in [-0.4, -0.2) is 21.1 Å². The molecule has 5 nitrogen and oxygen atoms in total. The summed E-state index contributed by atoms with van der Waals surface area (Å²) in [5.41, 5.74) is 1.52. The van der Waals surface area contributed by atoms with E-state index in [0.717, 1.165) is 5.56 Å². The quantitative estimate of drug-likeness (QED) is 0.888. The first-order valence-electron chi connectivity index (χ1n) is 5.16. The van der Waals surface area contributed by atoms with Crippen LogP contribution in [0.3, 0.4) is 0 Å². The third-order valence-corrected chi connectivity index (χ3v) is 3.29. The highest BCUT2D eigenvalue weighted by Crippen LogP contribution is 2.10. The summed E-state index contributed by atoms with van der Waals surface area (Å²) in [5, 5.41) is 0. The van der Waals surface area contributed by atoms with Gasteiger partial charge >= 0.3 is 6.09 Å². The molecule has 0 saturated heterocycles. The minimum atomic E-state index is -3.70. The standard InChI is InChI=1S/C11H15NO4S/c1-3-16-11(13)12-17(14,15)8-10-7-5-4-6-9(10)2/h4-7H,3,8H2,1-2H3,(H,12,13). The van der Waals surface area contributed by atoms with Crippen LogP contribution in [0.25, 0.3) is 0 Å². The second-order valence-electron chi connectivity index (χ2n) is 3.51. The van der Waals surface area contributed by atoms with Gasteiger partial charge in [-0.2, -0.15) is 0 Å². The van der Waals surface area contributed by atoms with Crippen molar-refractivity contribution in [2.75, 3.05) is 6.61 Å². The number of hydrogen-bond acceptors (Lipinski definition) is 4. The van der Waals surface area contributed by atoms with Gasteiger partial charge < -0.3 is 4.74 Å². The average Bonchev–Trinajstić information content (AvgIpc) is 2.20. The molecule has 0 unspecified atom stereocenters. The number of amides is 1. The summed E-state index contributed by atoms with van der Waals surface area (Å²) in [4.78, 5) is 11.0. The molecule has 0 aromatic heterocycles. The van der Waals surface area contributed by atoms with Crippen molar-refractivity contribution in [3.05, 3.63) is 35.4 Å². The summed E-state index contributed by atoms with van der Waals surface area (Å²) in [6, 6.07) is 7.10. The molecule has 0 heterocycles. The van der Waals surface area contributed by atoms with Gasteiger partial charge in [0.25, 0.3) is 0 Å². The molecule has 1 aromatic rings. The molecule has 0 saturated carbocycles. The lowest BCUT2D eigenvalue weighted by atomic mass is 10.1. The van der Waals surface area contributed by atoms with Gasteiger partial charge in [0.05, 0.1) is 12.4 Å². The molecular weight excluding hydrogens is 242 g/mol. The van der Waals surface area contributed by atoms with E-state index in [0.29, 0.717) is 5.56 Å². The Morgan fingerprint density at radius 3 is 2.59 bits per heavy atom. The third kappa shape index (κ3) is 4.44. The zero-order chi connectivity index (χ0) is 12.9. The van der Waals surface area contributed by atoms with Crippen LogP contribution in [0.4, 0.5) is 4.79 Å². The number of benzene rings is 1. The Kier molecular flexibility index (Phi) is 4.51. The molecule has 94 valence electrons. The molecule has 0 bridgehead atoms. The first-order valence-corrected chi connectivity index (χ1v) is 6.81. The van der Waals surface area contributed by atoms with Gasteiger partial charge in [-0.25, -0.2) is 17.9 Å². The molecule has 0 radical (unpaired) electrons. The largest absolute Gasteiger partial charge is 0.449 e. The van der Waals surface area contributed by atoms with Crippen LogP contribution in [0.1, 0.15) is 18.1 Å². The zero-order valence-corrected chi connectivity index (χ0v) is 10.6. The van der Waals surface area contributed by atoms with Crippen LogP contribution in [-0.2, 0) is 20.5 Å². The molecule has 1 aromatic carbocycles. The Morgan fingerprint density at radius 1 is 1.35 bits per heavy atom. The highest BCUT2D eigenvalue weighted by molar-refractivity contribution is 7.89. The number of nitrogens with one attached hydrogen (secondary N) is 1. The maximum atomic E-state index is 11.6. The lowest BCUT2D eigenvalue weighted by Crippen LogP contribution is -2.32. The van der Waals surface area contributed by atoms with E-state index in [4.69, 9.17) is 0 Å². The lowest BCUT2D eigenvalue weighted by molar-refractivity contribution is 0.158. The van der Waals surface area contributed by atoms with E-state index in [1.165, 1.54) is 0 Å². The van der Waals surface area contributed by atoms with E-state index >= 15 is 0 Å². The van der Waals surface area contributed by atoms with Crippen molar-refractivity contribution in [3.8, 4) is 0 Å². The second-order valence-corrected chi connectivity index (χ2v) is 5.23. The summed E-state index contributed by atoms with van der Waals surface area (Å²) in [6.45, 7) is 3.55. The average molecular weight is 257 g/mol. The van der Waals surface area contributed by atoms with Crippen LogP contribution >= 0.6 is 0 Å². The van der Waals surface area contributed by atoms with Crippen LogP contribution in [0.5, 0.6) is 0 Å². The third-order valence-electron chi connectivity index (χ3n) is 2.12. The molecule has 0 spiro atoms. The molecule has 1 N–H and O–H groups in total. The number of carbonyl (C=O) groups excluding carboxylic acids is 1. The highest BCUT2D eigenvalue weighted by atomic mass is 32.2. The molecule has 17 heavy (non-hydrogen) atoms. The lowest BCUT2D eigenvalue weighted by Gasteiger charge is -2.08. The van der Waals surface area contributed by atoms with E-state index in [2.05, 4.69) is 4.74 Å². The van der Waals surface area contributed by atoms with E-state index in [9.17, 15) is 13.2 Å². The van der Waals surface area contributed by atoms with E-state index < -0.39 is 16.1 Å². The van der Waals surface area contributed by atoms with Crippen LogP contribution in [0.15, 0.2) is 24.3 Å². The molecule has 1 rings (SSSR count). The normalized spacial score (nSPS) is 10.9. The predicted molar refractivity (Wildman–Crippen MR) is 64.0 cm³/mol. The van der Waals surface area contributed by atoms with Gasteiger partial charge in [0.15, 0.2) is 0 Å².